The molecule has 0 aliphatic carbocycles. The Balaban J connectivity index is 1.85. The third-order valence-corrected chi connectivity index (χ3v) is 4.18. The van der Waals surface area contributed by atoms with E-state index < -0.39 is 11.9 Å². The lowest BCUT2D eigenvalue weighted by Crippen LogP contribution is -2.47. The van der Waals surface area contributed by atoms with Crippen molar-refractivity contribution in [2.75, 3.05) is 6.61 Å². The number of carbonyl (C=O) groups is 2. The van der Waals surface area contributed by atoms with Crippen molar-refractivity contribution in [3.8, 4) is 0 Å². The SMILES string of the molecule is NC(=O)[C@H](Cc1ccccc1Br)NC(=O)COCc1ccccc1. The van der Waals surface area contributed by atoms with Gasteiger partial charge in [-0.3, -0.25) is 9.59 Å². The number of nitrogens with two attached hydrogens (primary N) is 1. The number of carbonyl (C=O) groups excluding carboxylic acids is 2. The van der Waals surface area contributed by atoms with Crippen molar-refractivity contribution in [3.05, 3.63) is 70.2 Å². The second-order valence-corrected chi connectivity index (χ2v) is 6.15. The highest BCUT2D eigenvalue weighted by Crippen LogP contribution is 2.17. The number of benzene rings is 2. The van der Waals surface area contributed by atoms with Gasteiger partial charge in [0.05, 0.1) is 6.61 Å². The molecule has 5 nitrogen and oxygen atoms in total. The lowest BCUT2D eigenvalue weighted by atomic mass is 10.1. The van der Waals surface area contributed by atoms with Crippen LogP contribution < -0.4 is 11.1 Å². The standard InChI is InChI=1S/C18H19BrN2O3/c19-15-9-5-4-8-14(15)10-16(18(20)23)21-17(22)12-24-11-13-6-2-1-3-7-13/h1-9,16H,10-12H2,(H2,20,23)(H,21,22)/t16-/m0/s1. The molecule has 0 aromatic heterocycles. The predicted molar refractivity (Wildman–Crippen MR) is 95.1 cm³/mol. The van der Waals surface area contributed by atoms with Crippen LogP contribution in [0.1, 0.15) is 11.1 Å². The molecule has 2 aromatic rings. The summed E-state index contributed by atoms with van der Waals surface area (Å²) < 4.78 is 6.23. The van der Waals surface area contributed by atoms with Crippen LogP contribution in [-0.4, -0.2) is 24.5 Å². The van der Waals surface area contributed by atoms with E-state index in [1.165, 1.54) is 0 Å². The summed E-state index contributed by atoms with van der Waals surface area (Å²) >= 11 is 3.42. The maximum atomic E-state index is 12.0. The van der Waals surface area contributed by atoms with Crippen LogP contribution in [0.5, 0.6) is 0 Å². The first-order valence-corrected chi connectivity index (χ1v) is 8.29. The zero-order valence-electron chi connectivity index (χ0n) is 13.1. The smallest absolute Gasteiger partial charge is 0.246 e. The lowest BCUT2D eigenvalue weighted by molar-refractivity contribution is -0.130. The van der Waals surface area contributed by atoms with Crippen LogP contribution in [-0.2, 0) is 27.4 Å². The Labute approximate surface area is 149 Å². The fourth-order valence-electron chi connectivity index (χ4n) is 2.18. The van der Waals surface area contributed by atoms with Gasteiger partial charge in [-0.05, 0) is 17.2 Å². The molecule has 0 spiro atoms. The van der Waals surface area contributed by atoms with Gasteiger partial charge in [0, 0.05) is 10.9 Å². The maximum absolute atomic E-state index is 12.0. The van der Waals surface area contributed by atoms with Crippen LogP contribution in [0.15, 0.2) is 59.1 Å². The summed E-state index contributed by atoms with van der Waals surface area (Å²) in [7, 11) is 0. The fraction of sp³-hybridized carbons (Fsp3) is 0.222. The van der Waals surface area contributed by atoms with Crippen LogP contribution in [0.3, 0.4) is 0 Å². The minimum absolute atomic E-state index is 0.130. The Bertz CT molecular complexity index is 692. The summed E-state index contributed by atoms with van der Waals surface area (Å²) in [6.45, 7) is 0.203. The molecule has 2 amide bonds. The summed E-state index contributed by atoms with van der Waals surface area (Å²) in [5.41, 5.74) is 7.26. The number of halogens is 1. The Morgan fingerprint density at radius 3 is 2.42 bits per heavy atom. The number of hydrogen-bond acceptors (Lipinski definition) is 3. The molecule has 0 saturated heterocycles. The normalized spacial score (nSPS) is 11.7. The first-order valence-electron chi connectivity index (χ1n) is 7.50. The van der Waals surface area contributed by atoms with Gasteiger partial charge in [-0.1, -0.05) is 64.5 Å². The predicted octanol–water partition coefficient (Wildman–Crippen LogP) is 2.18. The van der Waals surface area contributed by atoms with E-state index in [0.29, 0.717) is 13.0 Å². The van der Waals surface area contributed by atoms with Gasteiger partial charge in [0.15, 0.2) is 0 Å². The molecule has 0 aliphatic heterocycles. The number of nitrogens with one attached hydrogen (secondary N) is 1. The summed E-state index contributed by atoms with van der Waals surface area (Å²) in [5.74, 6) is -0.955. The van der Waals surface area contributed by atoms with Gasteiger partial charge in [-0.2, -0.15) is 0 Å². The molecule has 24 heavy (non-hydrogen) atoms. The van der Waals surface area contributed by atoms with E-state index in [-0.39, 0.29) is 12.5 Å². The highest BCUT2D eigenvalue weighted by Gasteiger charge is 2.19. The molecule has 0 unspecified atom stereocenters. The number of hydrogen-bond donors (Lipinski definition) is 2. The minimum Gasteiger partial charge on any atom is -0.368 e. The molecular weight excluding hydrogens is 372 g/mol. The van der Waals surface area contributed by atoms with Gasteiger partial charge in [-0.15, -0.1) is 0 Å². The van der Waals surface area contributed by atoms with Crippen molar-refractivity contribution in [2.45, 2.75) is 19.1 Å². The molecule has 2 aromatic carbocycles. The molecule has 3 N–H and O–H groups in total. The van der Waals surface area contributed by atoms with Crippen molar-refractivity contribution in [1.29, 1.82) is 0 Å². The van der Waals surface area contributed by atoms with E-state index in [1.807, 2.05) is 54.6 Å². The number of rotatable bonds is 8. The van der Waals surface area contributed by atoms with E-state index in [4.69, 9.17) is 10.5 Å². The average molecular weight is 391 g/mol. The van der Waals surface area contributed by atoms with E-state index in [1.54, 1.807) is 0 Å². The Hall–Kier alpha value is -2.18. The summed E-state index contributed by atoms with van der Waals surface area (Å²) in [5, 5.41) is 2.62. The van der Waals surface area contributed by atoms with Gasteiger partial charge in [-0.25, -0.2) is 0 Å². The number of amides is 2. The maximum Gasteiger partial charge on any atom is 0.246 e. The average Bonchev–Trinajstić information content (AvgIpc) is 2.57. The van der Waals surface area contributed by atoms with Gasteiger partial charge < -0.3 is 15.8 Å². The fourth-order valence-corrected chi connectivity index (χ4v) is 2.63. The number of ether oxygens (including phenoxy) is 1. The van der Waals surface area contributed by atoms with Crippen molar-refractivity contribution >= 4 is 27.7 Å². The first-order chi connectivity index (χ1) is 11.6. The van der Waals surface area contributed by atoms with Crippen LogP contribution in [0, 0.1) is 0 Å². The summed E-state index contributed by atoms with van der Waals surface area (Å²) in [6, 6.07) is 16.3. The van der Waals surface area contributed by atoms with E-state index >= 15 is 0 Å². The van der Waals surface area contributed by atoms with Crippen LogP contribution in [0.2, 0.25) is 0 Å². The molecule has 0 heterocycles. The monoisotopic (exact) mass is 390 g/mol. The van der Waals surface area contributed by atoms with Crippen molar-refractivity contribution in [2.24, 2.45) is 5.73 Å². The first kappa shape index (κ1) is 18.2. The number of primary amides is 1. The van der Waals surface area contributed by atoms with Gasteiger partial charge in [0.2, 0.25) is 11.8 Å². The zero-order chi connectivity index (χ0) is 17.4. The van der Waals surface area contributed by atoms with Crippen LogP contribution in [0.25, 0.3) is 0 Å². The molecule has 2 rings (SSSR count). The highest BCUT2D eigenvalue weighted by molar-refractivity contribution is 9.10. The molecule has 0 aliphatic rings. The lowest BCUT2D eigenvalue weighted by Gasteiger charge is -2.16. The van der Waals surface area contributed by atoms with E-state index in [2.05, 4.69) is 21.2 Å². The van der Waals surface area contributed by atoms with E-state index in [9.17, 15) is 9.59 Å². The summed E-state index contributed by atoms with van der Waals surface area (Å²) in [6.07, 6.45) is 0.321. The van der Waals surface area contributed by atoms with Crippen molar-refractivity contribution < 1.29 is 14.3 Å². The zero-order valence-corrected chi connectivity index (χ0v) is 14.7. The Morgan fingerprint density at radius 1 is 1.08 bits per heavy atom. The molecule has 1 atom stereocenters. The molecule has 0 radical (unpaired) electrons. The second-order valence-electron chi connectivity index (χ2n) is 5.30. The van der Waals surface area contributed by atoms with Crippen LogP contribution in [0.4, 0.5) is 0 Å². The minimum atomic E-state index is -0.781. The molecule has 0 fully saturated rings. The topological polar surface area (TPSA) is 81.4 Å². The Morgan fingerprint density at radius 2 is 1.75 bits per heavy atom. The van der Waals surface area contributed by atoms with E-state index in [0.717, 1.165) is 15.6 Å². The third kappa shape index (κ3) is 5.79. The van der Waals surface area contributed by atoms with Gasteiger partial charge >= 0.3 is 0 Å². The largest absolute Gasteiger partial charge is 0.368 e. The van der Waals surface area contributed by atoms with Crippen LogP contribution >= 0.6 is 15.9 Å². The molecule has 0 saturated carbocycles. The highest BCUT2D eigenvalue weighted by atomic mass is 79.9. The van der Waals surface area contributed by atoms with Gasteiger partial charge in [0.25, 0.3) is 0 Å². The molecular formula is C18H19BrN2O3. The molecule has 126 valence electrons. The van der Waals surface area contributed by atoms with Gasteiger partial charge in [0.1, 0.15) is 12.6 Å². The summed E-state index contributed by atoms with van der Waals surface area (Å²) in [4.78, 5) is 23.6. The molecule has 0 bridgehead atoms. The van der Waals surface area contributed by atoms with Crippen molar-refractivity contribution in [3.63, 3.8) is 0 Å². The quantitative estimate of drug-likeness (QED) is 0.724. The Kier molecular flexibility index (Phi) is 6.96. The molecule has 6 heteroatoms. The third-order valence-electron chi connectivity index (χ3n) is 3.41. The second kappa shape index (κ2) is 9.20. The van der Waals surface area contributed by atoms with Crippen molar-refractivity contribution in [1.82, 2.24) is 5.32 Å².